The van der Waals surface area contributed by atoms with Crippen molar-refractivity contribution >= 4 is 5.78 Å². The molecule has 8 heavy (non-hydrogen) atoms. The van der Waals surface area contributed by atoms with E-state index in [9.17, 15) is 9.90 Å². The molecule has 0 rings (SSSR count). The van der Waals surface area contributed by atoms with E-state index < -0.39 is 6.10 Å². The Kier molecular flexibility index (Phi) is 8.77. The van der Waals surface area contributed by atoms with Gasteiger partial charge in [0.2, 0.25) is 0 Å². The fourth-order valence-electron chi connectivity index (χ4n) is 0. The third-order valence-electron chi connectivity index (χ3n) is 0. The molecule has 0 heterocycles. The van der Waals surface area contributed by atoms with Crippen LogP contribution in [-0.2, 0) is 4.79 Å². The number of carbonyl (C=O) groups is 1. The summed E-state index contributed by atoms with van der Waals surface area (Å²) in [6, 6.07) is 0. The van der Waals surface area contributed by atoms with E-state index in [1.54, 1.807) is 13.8 Å². The monoisotopic (exact) mass is 117 g/mol. The second-order valence-electron chi connectivity index (χ2n) is 1.96. The van der Waals surface area contributed by atoms with Crippen LogP contribution in [0, 0.1) is 0 Å². The topological polar surface area (TPSA) is 40.1 Å². The molecule has 0 saturated heterocycles. The van der Waals surface area contributed by atoms with Gasteiger partial charge in [0.15, 0.2) is 0 Å². The predicted molar refractivity (Wildman–Crippen MR) is 31.5 cm³/mol. The van der Waals surface area contributed by atoms with Crippen molar-refractivity contribution in [1.82, 2.24) is 0 Å². The van der Waals surface area contributed by atoms with Gasteiger partial charge in [-0.3, -0.25) is 0 Å². The molecule has 0 unspecified atom stereocenters. The molecule has 0 saturated carbocycles. The van der Waals surface area contributed by atoms with Crippen LogP contribution in [0.3, 0.4) is 0 Å². The Hall–Kier alpha value is -0.370. The molecular weight excluding hydrogens is 104 g/mol. The number of ketones is 1. The van der Waals surface area contributed by atoms with E-state index in [2.05, 4.69) is 0 Å². The van der Waals surface area contributed by atoms with Crippen LogP contribution < -0.4 is 5.11 Å². The minimum absolute atomic E-state index is 0.167. The molecule has 0 radical (unpaired) electrons. The molecule has 2 heteroatoms. The van der Waals surface area contributed by atoms with Gasteiger partial charge in [-0.15, -0.1) is 6.10 Å². The molecule has 0 aliphatic rings. The first-order chi connectivity index (χ1) is 3.46. The Bertz CT molecular complexity index is 50.8. The fourth-order valence-corrected chi connectivity index (χ4v) is 0. The summed E-state index contributed by atoms with van der Waals surface area (Å²) < 4.78 is 0. The maximum Gasteiger partial charge on any atom is 0.126 e. The Morgan fingerprint density at radius 1 is 1.38 bits per heavy atom. The second kappa shape index (κ2) is 6.63. The van der Waals surface area contributed by atoms with Gasteiger partial charge < -0.3 is 9.90 Å². The van der Waals surface area contributed by atoms with Crippen molar-refractivity contribution in [2.75, 3.05) is 0 Å². The van der Waals surface area contributed by atoms with Crippen LogP contribution in [0.25, 0.3) is 0 Å². The molecule has 0 aromatic rings. The maximum atomic E-state index is 9.53. The van der Waals surface area contributed by atoms with Gasteiger partial charge in [0.1, 0.15) is 5.78 Å². The summed E-state index contributed by atoms with van der Waals surface area (Å²) in [5.41, 5.74) is 0. The normalized spacial score (nSPS) is 7.75. The van der Waals surface area contributed by atoms with Gasteiger partial charge in [0.05, 0.1) is 0 Å². The zero-order valence-electron chi connectivity index (χ0n) is 5.89. The summed E-state index contributed by atoms with van der Waals surface area (Å²) in [4.78, 5) is 9.44. The number of hydrogen-bond donors (Lipinski definition) is 0. The number of Topliss-reactive ketones (excluding diaryl/α,β-unsaturated/α-hetero) is 1. The average Bonchev–Trinajstić information content (AvgIpc) is 1.25. The van der Waals surface area contributed by atoms with Crippen molar-refractivity contribution in [2.24, 2.45) is 0 Å². The van der Waals surface area contributed by atoms with Crippen molar-refractivity contribution in [3.63, 3.8) is 0 Å². The lowest BCUT2D eigenvalue weighted by Crippen LogP contribution is -2.14. The maximum absolute atomic E-state index is 9.53. The first-order valence-corrected chi connectivity index (χ1v) is 2.59. The largest absolute Gasteiger partial charge is 0.852 e. The molecule has 0 aromatic heterocycles. The summed E-state index contributed by atoms with van der Waals surface area (Å²) in [5.74, 6) is 0.167. The summed E-state index contributed by atoms with van der Waals surface area (Å²) in [7, 11) is 0. The molecule has 0 aliphatic carbocycles. The highest BCUT2D eigenvalue weighted by Crippen LogP contribution is 1.57. The lowest BCUT2D eigenvalue weighted by atomic mass is 10.5. The highest BCUT2D eigenvalue weighted by Gasteiger charge is 1.62. The van der Waals surface area contributed by atoms with E-state index in [0.29, 0.717) is 0 Å². The number of rotatable bonds is 0. The second-order valence-corrected chi connectivity index (χ2v) is 1.96. The Labute approximate surface area is 50.5 Å². The predicted octanol–water partition coefficient (Wildman–Crippen LogP) is 0.350. The van der Waals surface area contributed by atoms with Crippen LogP contribution in [0.2, 0.25) is 0 Å². The standard InChI is InChI=1S/C3H7O.C3H6O/c2*1-3(2)4/h3H,1-2H3;1-2H3/q-1;. The van der Waals surface area contributed by atoms with E-state index in [1.807, 2.05) is 0 Å². The van der Waals surface area contributed by atoms with Gasteiger partial charge in [-0.2, -0.15) is 0 Å². The van der Waals surface area contributed by atoms with Crippen molar-refractivity contribution in [2.45, 2.75) is 33.8 Å². The third kappa shape index (κ3) is 882. The third-order valence-corrected chi connectivity index (χ3v) is 0. The van der Waals surface area contributed by atoms with Crippen LogP contribution in [-0.4, -0.2) is 11.9 Å². The van der Waals surface area contributed by atoms with Crippen LogP contribution in [0.5, 0.6) is 0 Å². The molecular formula is C6H13O2-. The number of carbonyl (C=O) groups excluding carboxylic acids is 1. The quantitative estimate of drug-likeness (QED) is 0.459. The Morgan fingerprint density at radius 2 is 1.38 bits per heavy atom. The summed E-state index contributed by atoms with van der Waals surface area (Å²) in [5, 5.41) is 9.53. The van der Waals surface area contributed by atoms with E-state index in [1.165, 1.54) is 13.8 Å². The van der Waals surface area contributed by atoms with Crippen LogP contribution in [0.4, 0.5) is 0 Å². The summed E-state index contributed by atoms with van der Waals surface area (Å²) >= 11 is 0. The van der Waals surface area contributed by atoms with E-state index in [-0.39, 0.29) is 5.78 Å². The van der Waals surface area contributed by atoms with Crippen molar-refractivity contribution in [3.05, 3.63) is 0 Å². The Morgan fingerprint density at radius 3 is 1.38 bits per heavy atom. The molecule has 0 atom stereocenters. The van der Waals surface area contributed by atoms with E-state index >= 15 is 0 Å². The number of hydrogen-bond acceptors (Lipinski definition) is 2. The average molecular weight is 117 g/mol. The molecule has 0 bridgehead atoms. The van der Waals surface area contributed by atoms with Gasteiger partial charge in [0.25, 0.3) is 0 Å². The molecule has 0 amide bonds. The summed E-state index contributed by atoms with van der Waals surface area (Å²) in [6.45, 7) is 6.28. The first kappa shape index (κ1) is 10.6. The van der Waals surface area contributed by atoms with Crippen LogP contribution in [0.15, 0.2) is 0 Å². The van der Waals surface area contributed by atoms with Crippen LogP contribution in [0.1, 0.15) is 27.7 Å². The molecule has 0 spiro atoms. The lowest BCUT2D eigenvalue weighted by molar-refractivity contribution is -0.407. The van der Waals surface area contributed by atoms with E-state index in [0.717, 1.165) is 0 Å². The van der Waals surface area contributed by atoms with Gasteiger partial charge in [-0.25, -0.2) is 0 Å². The molecule has 0 aromatic carbocycles. The lowest BCUT2D eigenvalue weighted by Gasteiger charge is -2.02. The fraction of sp³-hybridized carbons (Fsp3) is 0.833. The van der Waals surface area contributed by atoms with Crippen molar-refractivity contribution in [3.8, 4) is 0 Å². The smallest absolute Gasteiger partial charge is 0.126 e. The molecule has 50 valence electrons. The zero-order chi connectivity index (χ0) is 7.15. The molecule has 0 aliphatic heterocycles. The van der Waals surface area contributed by atoms with Crippen molar-refractivity contribution < 1.29 is 9.90 Å². The minimum Gasteiger partial charge on any atom is -0.852 e. The first-order valence-electron chi connectivity index (χ1n) is 2.59. The Balaban J connectivity index is 0. The molecule has 2 nitrogen and oxygen atoms in total. The van der Waals surface area contributed by atoms with Gasteiger partial charge >= 0.3 is 0 Å². The van der Waals surface area contributed by atoms with Gasteiger partial charge in [-0.1, -0.05) is 13.8 Å². The van der Waals surface area contributed by atoms with Gasteiger partial charge in [-0.05, 0) is 13.8 Å². The summed E-state index contributed by atoms with van der Waals surface area (Å²) in [6.07, 6.45) is -0.417. The minimum atomic E-state index is -0.417. The molecule has 0 N–H and O–H groups in total. The zero-order valence-corrected chi connectivity index (χ0v) is 5.89. The SMILES string of the molecule is CC(C)=O.CC(C)[O-]. The highest BCUT2D eigenvalue weighted by atomic mass is 16.3. The van der Waals surface area contributed by atoms with E-state index in [4.69, 9.17) is 0 Å². The van der Waals surface area contributed by atoms with Crippen molar-refractivity contribution in [1.29, 1.82) is 0 Å². The molecule has 0 fully saturated rings. The van der Waals surface area contributed by atoms with Gasteiger partial charge in [0, 0.05) is 0 Å². The highest BCUT2D eigenvalue weighted by molar-refractivity contribution is 5.72. The van der Waals surface area contributed by atoms with Crippen LogP contribution >= 0.6 is 0 Å².